The van der Waals surface area contributed by atoms with Gasteiger partial charge in [0, 0.05) is 0 Å². The number of nitrogens with one attached hydrogen (secondary N) is 1. The molecule has 2 aromatic heterocycles. The molecular formula is C19H20N2O3S. The first-order valence-corrected chi connectivity index (χ1v) is 8.49. The molecule has 0 aliphatic heterocycles. The molecule has 5 nitrogen and oxygen atoms in total. The van der Waals surface area contributed by atoms with Crippen LogP contribution >= 0.6 is 12.2 Å². The van der Waals surface area contributed by atoms with E-state index in [1.165, 1.54) is 0 Å². The van der Waals surface area contributed by atoms with Crippen LogP contribution in [0, 0.1) is 0 Å². The van der Waals surface area contributed by atoms with Gasteiger partial charge in [0.1, 0.15) is 17.3 Å². The molecular weight excluding hydrogens is 336 g/mol. The largest absolute Gasteiger partial charge is 0.492 e. The van der Waals surface area contributed by atoms with Gasteiger partial charge in [0.25, 0.3) is 0 Å². The predicted molar refractivity (Wildman–Crippen MR) is 100 cm³/mol. The summed E-state index contributed by atoms with van der Waals surface area (Å²) in [6.45, 7) is 3.62. The van der Waals surface area contributed by atoms with Crippen molar-refractivity contribution in [2.75, 3.05) is 11.9 Å². The first kappa shape index (κ1) is 17.1. The number of benzene rings is 1. The van der Waals surface area contributed by atoms with Gasteiger partial charge >= 0.3 is 0 Å². The Bertz CT molecular complexity index is 749. The van der Waals surface area contributed by atoms with Crippen LogP contribution in [0.4, 0.5) is 5.69 Å². The van der Waals surface area contributed by atoms with Gasteiger partial charge in [-0.05, 0) is 55.5 Å². The Kier molecular flexibility index (Phi) is 5.74. The van der Waals surface area contributed by atoms with Crippen LogP contribution in [0.5, 0.6) is 5.75 Å². The van der Waals surface area contributed by atoms with Crippen LogP contribution in [-0.2, 0) is 13.1 Å². The number of rotatable bonds is 7. The van der Waals surface area contributed by atoms with Gasteiger partial charge in [-0.3, -0.25) is 0 Å². The van der Waals surface area contributed by atoms with E-state index < -0.39 is 0 Å². The molecule has 2 heterocycles. The van der Waals surface area contributed by atoms with Gasteiger partial charge in [-0.25, -0.2) is 0 Å². The van der Waals surface area contributed by atoms with Crippen molar-refractivity contribution in [2.24, 2.45) is 0 Å². The second kappa shape index (κ2) is 8.39. The number of thiocarbonyl (C=S) groups is 1. The summed E-state index contributed by atoms with van der Waals surface area (Å²) < 4.78 is 16.6. The zero-order chi connectivity index (χ0) is 17.5. The summed E-state index contributed by atoms with van der Waals surface area (Å²) in [6, 6.07) is 15.3. The van der Waals surface area contributed by atoms with Crippen molar-refractivity contribution >= 4 is 23.0 Å². The zero-order valence-corrected chi connectivity index (χ0v) is 14.8. The molecule has 1 aromatic carbocycles. The fraction of sp³-hybridized carbons (Fsp3) is 0.211. The maximum atomic E-state index is 5.65. The number of para-hydroxylation sites is 2. The minimum Gasteiger partial charge on any atom is -0.492 e. The highest BCUT2D eigenvalue weighted by Crippen LogP contribution is 2.24. The second-order valence-electron chi connectivity index (χ2n) is 5.37. The van der Waals surface area contributed by atoms with E-state index in [1.54, 1.807) is 12.5 Å². The second-order valence-corrected chi connectivity index (χ2v) is 5.76. The van der Waals surface area contributed by atoms with Crippen molar-refractivity contribution in [1.82, 2.24) is 4.90 Å². The quantitative estimate of drug-likeness (QED) is 0.621. The van der Waals surface area contributed by atoms with Gasteiger partial charge in [0.05, 0.1) is 37.9 Å². The van der Waals surface area contributed by atoms with E-state index in [0.29, 0.717) is 24.8 Å². The van der Waals surface area contributed by atoms with E-state index in [0.717, 1.165) is 23.0 Å². The van der Waals surface area contributed by atoms with Crippen LogP contribution in [-0.4, -0.2) is 16.6 Å². The van der Waals surface area contributed by atoms with Crippen LogP contribution in [0.3, 0.4) is 0 Å². The molecule has 0 atom stereocenters. The van der Waals surface area contributed by atoms with E-state index >= 15 is 0 Å². The monoisotopic (exact) mass is 356 g/mol. The molecule has 3 aromatic rings. The minimum absolute atomic E-state index is 0.538. The lowest BCUT2D eigenvalue weighted by Gasteiger charge is -2.24. The van der Waals surface area contributed by atoms with Crippen molar-refractivity contribution in [2.45, 2.75) is 20.0 Å². The lowest BCUT2D eigenvalue weighted by molar-refractivity contribution is 0.328. The van der Waals surface area contributed by atoms with Gasteiger partial charge in [0.2, 0.25) is 0 Å². The summed E-state index contributed by atoms with van der Waals surface area (Å²) in [6.07, 6.45) is 3.31. The summed E-state index contributed by atoms with van der Waals surface area (Å²) >= 11 is 5.62. The highest BCUT2D eigenvalue weighted by molar-refractivity contribution is 7.80. The first-order valence-electron chi connectivity index (χ1n) is 8.08. The van der Waals surface area contributed by atoms with Gasteiger partial charge in [-0.15, -0.1) is 0 Å². The molecule has 130 valence electrons. The molecule has 0 unspecified atom stereocenters. The Labute approximate surface area is 152 Å². The lowest BCUT2D eigenvalue weighted by Crippen LogP contribution is -2.33. The van der Waals surface area contributed by atoms with Crippen LogP contribution < -0.4 is 10.1 Å². The number of furan rings is 2. The topological polar surface area (TPSA) is 50.8 Å². The van der Waals surface area contributed by atoms with Gasteiger partial charge in [-0.2, -0.15) is 0 Å². The van der Waals surface area contributed by atoms with E-state index in [4.69, 9.17) is 25.8 Å². The Hall–Kier alpha value is -2.73. The average Bonchev–Trinajstić information content (AvgIpc) is 3.30. The smallest absolute Gasteiger partial charge is 0.174 e. The summed E-state index contributed by atoms with van der Waals surface area (Å²) in [4.78, 5) is 1.98. The van der Waals surface area contributed by atoms with E-state index in [9.17, 15) is 0 Å². The molecule has 3 rings (SSSR count). The highest BCUT2D eigenvalue weighted by Gasteiger charge is 2.15. The molecule has 0 aliphatic carbocycles. The number of hydrogen-bond acceptors (Lipinski definition) is 4. The maximum Gasteiger partial charge on any atom is 0.174 e. The molecule has 6 heteroatoms. The number of nitrogens with zero attached hydrogens (tertiary/aromatic N) is 1. The van der Waals surface area contributed by atoms with Crippen molar-refractivity contribution in [1.29, 1.82) is 0 Å². The average molecular weight is 356 g/mol. The Morgan fingerprint density at radius 3 is 2.20 bits per heavy atom. The van der Waals surface area contributed by atoms with E-state index in [2.05, 4.69) is 5.32 Å². The third-order valence-corrected chi connectivity index (χ3v) is 3.93. The summed E-state index contributed by atoms with van der Waals surface area (Å²) in [5, 5.41) is 3.84. The minimum atomic E-state index is 0.538. The fourth-order valence-corrected chi connectivity index (χ4v) is 2.67. The van der Waals surface area contributed by atoms with Crippen molar-refractivity contribution in [3.63, 3.8) is 0 Å². The van der Waals surface area contributed by atoms with Crippen molar-refractivity contribution < 1.29 is 13.6 Å². The highest BCUT2D eigenvalue weighted by atomic mass is 32.1. The zero-order valence-electron chi connectivity index (χ0n) is 14.0. The molecule has 0 saturated carbocycles. The molecule has 1 N–H and O–H groups in total. The predicted octanol–water partition coefficient (Wildman–Crippen LogP) is 4.67. The number of ether oxygens (including phenoxy) is 1. The summed E-state index contributed by atoms with van der Waals surface area (Å²) in [5.74, 6) is 2.42. The normalized spacial score (nSPS) is 10.4. The van der Waals surface area contributed by atoms with Crippen LogP contribution in [0.15, 0.2) is 69.9 Å². The van der Waals surface area contributed by atoms with E-state index in [-0.39, 0.29) is 0 Å². The fourth-order valence-electron chi connectivity index (χ4n) is 2.43. The van der Waals surface area contributed by atoms with E-state index in [1.807, 2.05) is 60.4 Å². The third-order valence-electron chi connectivity index (χ3n) is 3.57. The first-order chi connectivity index (χ1) is 12.3. The molecule has 0 radical (unpaired) electrons. The van der Waals surface area contributed by atoms with Gasteiger partial charge in [-0.1, -0.05) is 12.1 Å². The van der Waals surface area contributed by atoms with Crippen molar-refractivity contribution in [3.05, 3.63) is 72.6 Å². The molecule has 25 heavy (non-hydrogen) atoms. The number of anilines is 1. The Balaban J connectivity index is 1.76. The van der Waals surface area contributed by atoms with Crippen LogP contribution in [0.25, 0.3) is 0 Å². The van der Waals surface area contributed by atoms with Gasteiger partial charge < -0.3 is 23.8 Å². The number of hydrogen-bond donors (Lipinski definition) is 1. The van der Waals surface area contributed by atoms with Gasteiger partial charge in [0.15, 0.2) is 5.11 Å². The van der Waals surface area contributed by atoms with Crippen molar-refractivity contribution in [3.8, 4) is 5.75 Å². The Morgan fingerprint density at radius 2 is 1.64 bits per heavy atom. The summed E-state index contributed by atoms with van der Waals surface area (Å²) in [7, 11) is 0. The summed E-state index contributed by atoms with van der Waals surface area (Å²) in [5.41, 5.74) is 0.832. The molecule has 0 fully saturated rings. The third kappa shape index (κ3) is 4.64. The van der Waals surface area contributed by atoms with Crippen LogP contribution in [0.2, 0.25) is 0 Å². The molecule has 0 aliphatic rings. The molecule has 0 bridgehead atoms. The Morgan fingerprint density at radius 1 is 1.00 bits per heavy atom. The molecule has 0 saturated heterocycles. The SMILES string of the molecule is CCOc1ccccc1NC(=S)N(Cc1ccco1)Cc1ccco1. The molecule has 0 spiro atoms. The maximum absolute atomic E-state index is 5.65. The van der Waals surface area contributed by atoms with Crippen LogP contribution in [0.1, 0.15) is 18.4 Å². The lowest BCUT2D eigenvalue weighted by atomic mass is 10.3. The molecule has 0 amide bonds. The standard InChI is InChI=1S/C19H20N2O3S/c1-2-22-18-10-4-3-9-17(18)20-19(25)21(13-15-7-5-11-23-15)14-16-8-6-12-24-16/h3-12H,2,13-14H2,1H3,(H,20,25).